The normalized spacial score (nSPS) is 12.4. The van der Waals surface area contributed by atoms with Crippen molar-refractivity contribution in [3.63, 3.8) is 0 Å². The highest BCUT2D eigenvalue weighted by Crippen LogP contribution is 2.27. The number of aromatic nitrogens is 1. The fourth-order valence-electron chi connectivity index (χ4n) is 2.11. The van der Waals surface area contributed by atoms with Crippen LogP contribution in [0.3, 0.4) is 0 Å². The lowest BCUT2D eigenvalue weighted by Gasteiger charge is -2.17. The molecule has 0 aliphatic rings. The smallest absolute Gasteiger partial charge is 0.128 e. The minimum absolute atomic E-state index is 0.291. The molecule has 0 aliphatic heterocycles. The molecule has 0 spiro atoms. The van der Waals surface area contributed by atoms with Gasteiger partial charge in [0.15, 0.2) is 0 Å². The van der Waals surface area contributed by atoms with E-state index in [1.54, 1.807) is 6.20 Å². The molecule has 0 radical (unpaired) electrons. The Morgan fingerprint density at radius 1 is 1.22 bits per heavy atom. The lowest BCUT2D eigenvalue weighted by molar-refractivity contribution is 0.622. The second-order valence-corrected chi connectivity index (χ2v) is 4.47. The molecule has 2 rings (SSSR count). The predicted molar refractivity (Wildman–Crippen MR) is 70.6 cm³/mol. The van der Waals surface area contributed by atoms with Gasteiger partial charge in [-0.05, 0) is 48.7 Å². The van der Waals surface area contributed by atoms with Gasteiger partial charge in [0, 0.05) is 11.8 Å². The van der Waals surface area contributed by atoms with Gasteiger partial charge in [0.1, 0.15) is 11.6 Å². The Kier molecular flexibility index (Phi) is 3.30. The van der Waals surface area contributed by atoms with Crippen molar-refractivity contribution in [2.75, 3.05) is 5.73 Å². The molecular formula is C14H16FN3. The summed E-state index contributed by atoms with van der Waals surface area (Å²) in [5.74, 6) is 0.102. The molecule has 4 N–H and O–H groups in total. The fraction of sp³-hybridized carbons (Fsp3) is 0.214. The van der Waals surface area contributed by atoms with Crippen LogP contribution in [-0.2, 0) is 0 Å². The molecule has 2 aromatic rings. The minimum atomic E-state index is -0.465. The number of benzene rings is 1. The maximum atomic E-state index is 13.4. The molecule has 94 valence electrons. The molecule has 3 nitrogen and oxygen atoms in total. The maximum absolute atomic E-state index is 13.4. The summed E-state index contributed by atoms with van der Waals surface area (Å²) in [7, 11) is 0. The van der Waals surface area contributed by atoms with E-state index in [1.807, 2.05) is 26.0 Å². The van der Waals surface area contributed by atoms with Crippen LogP contribution in [0.2, 0.25) is 0 Å². The van der Waals surface area contributed by atoms with E-state index < -0.39 is 6.04 Å². The van der Waals surface area contributed by atoms with Crippen molar-refractivity contribution >= 4 is 5.82 Å². The standard InChI is InChI=1S/C14H16FN3/c1-8-5-10(7-11(15)6-8)13(16)12-9(2)3-4-18-14(12)17/h3-7,13H,16H2,1-2H3,(H2,17,18). The molecule has 1 unspecified atom stereocenters. The number of nitrogen functional groups attached to an aromatic ring is 1. The average Bonchev–Trinajstić information content (AvgIpc) is 2.27. The average molecular weight is 245 g/mol. The van der Waals surface area contributed by atoms with Gasteiger partial charge in [-0.25, -0.2) is 9.37 Å². The quantitative estimate of drug-likeness (QED) is 0.854. The van der Waals surface area contributed by atoms with Gasteiger partial charge in [-0.2, -0.15) is 0 Å². The number of pyridine rings is 1. The van der Waals surface area contributed by atoms with E-state index in [9.17, 15) is 4.39 Å². The van der Waals surface area contributed by atoms with Gasteiger partial charge in [-0.3, -0.25) is 0 Å². The van der Waals surface area contributed by atoms with E-state index in [4.69, 9.17) is 11.5 Å². The molecule has 1 aromatic heterocycles. The topological polar surface area (TPSA) is 64.9 Å². The van der Waals surface area contributed by atoms with Crippen molar-refractivity contribution in [2.24, 2.45) is 5.73 Å². The third-order valence-corrected chi connectivity index (χ3v) is 2.97. The van der Waals surface area contributed by atoms with Crippen LogP contribution in [0.5, 0.6) is 0 Å². The summed E-state index contributed by atoms with van der Waals surface area (Å²) in [6.07, 6.45) is 1.64. The van der Waals surface area contributed by atoms with Crippen LogP contribution >= 0.6 is 0 Å². The van der Waals surface area contributed by atoms with Crippen LogP contribution in [-0.4, -0.2) is 4.98 Å². The number of halogens is 1. The molecule has 0 saturated carbocycles. The first-order chi connectivity index (χ1) is 8.49. The number of nitrogens with zero attached hydrogens (tertiary/aromatic N) is 1. The molecule has 1 aromatic carbocycles. The summed E-state index contributed by atoms with van der Waals surface area (Å²) in [4.78, 5) is 4.04. The lowest BCUT2D eigenvalue weighted by Crippen LogP contribution is -2.16. The fourth-order valence-corrected chi connectivity index (χ4v) is 2.11. The van der Waals surface area contributed by atoms with E-state index in [2.05, 4.69) is 4.98 Å². The maximum Gasteiger partial charge on any atom is 0.128 e. The number of anilines is 1. The highest BCUT2D eigenvalue weighted by molar-refractivity contribution is 5.50. The van der Waals surface area contributed by atoms with E-state index in [1.165, 1.54) is 12.1 Å². The van der Waals surface area contributed by atoms with Gasteiger partial charge >= 0.3 is 0 Å². The molecule has 0 fully saturated rings. The highest BCUT2D eigenvalue weighted by atomic mass is 19.1. The Labute approximate surface area is 106 Å². The van der Waals surface area contributed by atoms with Crippen molar-refractivity contribution < 1.29 is 4.39 Å². The Bertz CT molecular complexity index is 541. The molecule has 18 heavy (non-hydrogen) atoms. The zero-order chi connectivity index (χ0) is 13.3. The zero-order valence-electron chi connectivity index (χ0n) is 10.4. The second-order valence-electron chi connectivity index (χ2n) is 4.47. The first-order valence-corrected chi connectivity index (χ1v) is 5.72. The van der Waals surface area contributed by atoms with Crippen molar-refractivity contribution in [1.82, 2.24) is 4.98 Å². The zero-order valence-corrected chi connectivity index (χ0v) is 10.4. The van der Waals surface area contributed by atoms with E-state index in [0.717, 1.165) is 16.7 Å². The van der Waals surface area contributed by atoms with Crippen LogP contribution in [0.15, 0.2) is 30.5 Å². The van der Waals surface area contributed by atoms with Crippen LogP contribution in [0.25, 0.3) is 0 Å². The number of hydrogen-bond acceptors (Lipinski definition) is 3. The predicted octanol–water partition coefficient (Wildman–Crippen LogP) is 2.47. The molecule has 4 heteroatoms. The van der Waals surface area contributed by atoms with Crippen molar-refractivity contribution in [1.29, 1.82) is 0 Å². The van der Waals surface area contributed by atoms with Crippen molar-refractivity contribution in [3.05, 3.63) is 58.5 Å². The number of hydrogen-bond donors (Lipinski definition) is 2. The number of aryl methyl sites for hydroxylation is 2. The summed E-state index contributed by atoms with van der Waals surface area (Å²) in [6, 6.07) is 6.14. The van der Waals surface area contributed by atoms with Crippen LogP contribution in [0, 0.1) is 19.7 Å². The third-order valence-electron chi connectivity index (χ3n) is 2.97. The first-order valence-electron chi connectivity index (χ1n) is 5.72. The number of nitrogens with two attached hydrogens (primary N) is 2. The second kappa shape index (κ2) is 4.74. The summed E-state index contributed by atoms with van der Waals surface area (Å²) in [5.41, 5.74) is 15.3. The summed E-state index contributed by atoms with van der Waals surface area (Å²) in [5, 5.41) is 0. The number of rotatable bonds is 2. The van der Waals surface area contributed by atoms with Crippen LogP contribution in [0.1, 0.15) is 28.3 Å². The van der Waals surface area contributed by atoms with Gasteiger partial charge in [0.2, 0.25) is 0 Å². The van der Waals surface area contributed by atoms with Gasteiger partial charge < -0.3 is 11.5 Å². The summed E-state index contributed by atoms with van der Waals surface area (Å²) in [6.45, 7) is 3.75. The van der Waals surface area contributed by atoms with Gasteiger partial charge in [-0.1, -0.05) is 6.07 Å². The van der Waals surface area contributed by atoms with Gasteiger partial charge in [-0.15, -0.1) is 0 Å². The lowest BCUT2D eigenvalue weighted by atomic mass is 9.95. The van der Waals surface area contributed by atoms with Gasteiger partial charge in [0.05, 0.1) is 6.04 Å². The van der Waals surface area contributed by atoms with Crippen molar-refractivity contribution in [3.8, 4) is 0 Å². The molecule has 0 aliphatic carbocycles. The molecule has 0 bridgehead atoms. The van der Waals surface area contributed by atoms with E-state index in [0.29, 0.717) is 11.4 Å². The Morgan fingerprint density at radius 3 is 2.56 bits per heavy atom. The third kappa shape index (κ3) is 2.33. The molecule has 0 amide bonds. The summed E-state index contributed by atoms with van der Waals surface area (Å²) < 4.78 is 13.4. The van der Waals surface area contributed by atoms with Crippen LogP contribution < -0.4 is 11.5 Å². The Balaban J connectivity index is 2.51. The molecular weight excluding hydrogens is 229 g/mol. The minimum Gasteiger partial charge on any atom is -0.383 e. The molecule has 1 atom stereocenters. The van der Waals surface area contributed by atoms with Crippen molar-refractivity contribution in [2.45, 2.75) is 19.9 Å². The van der Waals surface area contributed by atoms with Crippen LogP contribution in [0.4, 0.5) is 10.2 Å². The Hall–Kier alpha value is -1.94. The largest absolute Gasteiger partial charge is 0.383 e. The highest BCUT2D eigenvalue weighted by Gasteiger charge is 2.16. The molecule has 0 saturated heterocycles. The van der Waals surface area contributed by atoms with E-state index in [-0.39, 0.29) is 5.82 Å². The Morgan fingerprint density at radius 2 is 1.94 bits per heavy atom. The van der Waals surface area contributed by atoms with Gasteiger partial charge in [0.25, 0.3) is 0 Å². The first kappa shape index (κ1) is 12.5. The molecule has 1 heterocycles. The summed E-state index contributed by atoms with van der Waals surface area (Å²) >= 11 is 0. The monoisotopic (exact) mass is 245 g/mol. The van der Waals surface area contributed by atoms with E-state index >= 15 is 0 Å². The SMILES string of the molecule is Cc1cc(F)cc(C(N)c2c(C)ccnc2N)c1.